The summed E-state index contributed by atoms with van der Waals surface area (Å²) in [5, 5.41) is 6.86. The van der Waals surface area contributed by atoms with Gasteiger partial charge in [-0.15, -0.1) is 0 Å². The molecule has 0 saturated heterocycles. The molecule has 0 radical (unpaired) electrons. The molecule has 12 nitrogen and oxygen atoms in total. The summed E-state index contributed by atoms with van der Waals surface area (Å²) >= 11 is 0. The smallest absolute Gasteiger partial charge is 0.319 e. The second kappa shape index (κ2) is 18.3. The van der Waals surface area contributed by atoms with Gasteiger partial charge in [0, 0.05) is 40.7 Å². The fourth-order valence-corrected chi connectivity index (χ4v) is 4.96. The molecule has 2 aromatic heterocycles. The summed E-state index contributed by atoms with van der Waals surface area (Å²) in [5.41, 5.74) is 7.64. The average molecular weight is 690 g/mol. The maximum atomic E-state index is 12.9. The summed E-state index contributed by atoms with van der Waals surface area (Å²) in [6.45, 7) is 5.50. The molecule has 0 spiro atoms. The molecule has 0 aliphatic rings. The van der Waals surface area contributed by atoms with E-state index >= 15 is 0 Å². The standard InChI is InChI=1S/C22H24FN3O4.C15H20N2O3/c1-3-4-11-30-20-18(29-2)10-5-14-12-15(21(27)26-19(14)20)13-24-22(28)25-17-8-6-16(23)7-9-17;1-3-4-7-20-14-12(19-2)6-5-10-8-11(9-16)15(18)17-13(10)14/h5-10,12H,3-4,11,13H2,1-2H3,(H,26,27)(H2,24,25,28);5-6,8H,3-4,7,9,16H2,1-2H3,(H,17,18). The number of pyridine rings is 2. The number of hydrogen-bond acceptors (Lipinski definition) is 8. The number of urea groups is 1. The van der Waals surface area contributed by atoms with Gasteiger partial charge in [-0.3, -0.25) is 9.59 Å². The molecule has 2 heterocycles. The van der Waals surface area contributed by atoms with E-state index in [-0.39, 0.29) is 24.2 Å². The number of aromatic nitrogens is 2. The Morgan fingerprint density at radius 3 is 1.74 bits per heavy atom. The molecule has 0 atom stereocenters. The summed E-state index contributed by atoms with van der Waals surface area (Å²) in [5.74, 6) is 1.84. The van der Waals surface area contributed by atoms with Gasteiger partial charge >= 0.3 is 6.03 Å². The molecule has 5 rings (SSSR count). The van der Waals surface area contributed by atoms with Crippen LogP contribution in [0.15, 0.2) is 70.3 Å². The summed E-state index contributed by atoms with van der Waals surface area (Å²) in [4.78, 5) is 42.2. The predicted molar refractivity (Wildman–Crippen MR) is 193 cm³/mol. The zero-order valence-corrected chi connectivity index (χ0v) is 28.7. The molecule has 0 bridgehead atoms. The lowest BCUT2D eigenvalue weighted by molar-refractivity contribution is 0.251. The molecule has 0 fully saturated rings. The van der Waals surface area contributed by atoms with Gasteiger partial charge in [-0.25, -0.2) is 9.18 Å². The highest BCUT2D eigenvalue weighted by atomic mass is 19.1. The van der Waals surface area contributed by atoms with Crippen molar-refractivity contribution in [3.63, 3.8) is 0 Å². The number of H-pyrrole nitrogens is 2. The number of rotatable bonds is 14. The van der Waals surface area contributed by atoms with E-state index in [2.05, 4.69) is 34.4 Å². The highest BCUT2D eigenvalue weighted by molar-refractivity contribution is 5.90. The van der Waals surface area contributed by atoms with Gasteiger partial charge in [-0.2, -0.15) is 0 Å². The third kappa shape index (κ3) is 9.53. The molecule has 0 unspecified atom stereocenters. The molecule has 13 heteroatoms. The third-order valence-electron chi connectivity index (χ3n) is 7.72. The Hall–Kier alpha value is -5.56. The molecule has 0 aliphatic carbocycles. The van der Waals surface area contributed by atoms with Crippen LogP contribution in [0.4, 0.5) is 14.9 Å². The van der Waals surface area contributed by atoms with E-state index in [0.29, 0.717) is 64.1 Å². The van der Waals surface area contributed by atoms with E-state index in [0.717, 1.165) is 36.5 Å². The quantitative estimate of drug-likeness (QED) is 0.0840. The lowest BCUT2D eigenvalue weighted by Gasteiger charge is -2.14. The van der Waals surface area contributed by atoms with E-state index in [1.54, 1.807) is 32.4 Å². The zero-order valence-electron chi connectivity index (χ0n) is 28.7. The first-order chi connectivity index (χ1) is 24.2. The number of ether oxygens (including phenoxy) is 4. The molecule has 266 valence electrons. The maximum Gasteiger partial charge on any atom is 0.319 e. The Kier molecular flexibility index (Phi) is 13.6. The molecule has 6 N–H and O–H groups in total. The molecular formula is C37H44FN5O7. The Morgan fingerprint density at radius 2 is 1.26 bits per heavy atom. The number of anilines is 1. The van der Waals surface area contributed by atoms with Gasteiger partial charge in [0.25, 0.3) is 11.1 Å². The molecule has 5 aromatic rings. The number of amides is 2. The summed E-state index contributed by atoms with van der Waals surface area (Å²) in [6, 6.07) is 15.7. The molecular weight excluding hydrogens is 645 g/mol. The van der Waals surface area contributed by atoms with Crippen LogP contribution in [0.3, 0.4) is 0 Å². The summed E-state index contributed by atoms with van der Waals surface area (Å²) < 4.78 is 35.2. The van der Waals surface area contributed by atoms with Gasteiger partial charge in [0.1, 0.15) is 5.82 Å². The lowest BCUT2D eigenvalue weighted by atomic mass is 10.1. The minimum absolute atomic E-state index is 0.0242. The fourth-order valence-electron chi connectivity index (χ4n) is 4.96. The first kappa shape index (κ1) is 37.3. The second-order valence-corrected chi connectivity index (χ2v) is 11.3. The van der Waals surface area contributed by atoms with Crippen LogP contribution in [0.1, 0.15) is 50.7 Å². The van der Waals surface area contributed by atoms with Gasteiger partial charge in [0.2, 0.25) is 0 Å². The summed E-state index contributed by atoms with van der Waals surface area (Å²) in [7, 11) is 3.13. The van der Waals surface area contributed by atoms with E-state index in [1.807, 2.05) is 18.2 Å². The Balaban J connectivity index is 0.000000244. The van der Waals surface area contributed by atoms with Crippen molar-refractivity contribution in [3.05, 3.63) is 98.3 Å². The number of hydrogen-bond donors (Lipinski definition) is 5. The van der Waals surface area contributed by atoms with Crippen molar-refractivity contribution in [1.82, 2.24) is 15.3 Å². The van der Waals surface area contributed by atoms with Crippen molar-refractivity contribution in [2.24, 2.45) is 5.73 Å². The highest BCUT2D eigenvalue weighted by Gasteiger charge is 2.15. The van der Waals surface area contributed by atoms with Gasteiger partial charge in [-0.05, 0) is 73.5 Å². The van der Waals surface area contributed by atoms with Gasteiger partial charge < -0.3 is 45.3 Å². The Bertz CT molecular complexity index is 2010. The van der Waals surface area contributed by atoms with Gasteiger partial charge in [-0.1, -0.05) is 26.7 Å². The van der Waals surface area contributed by atoms with Crippen LogP contribution >= 0.6 is 0 Å². The Labute approximate surface area is 289 Å². The van der Waals surface area contributed by atoms with Crippen LogP contribution in [0, 0.1) is 5.82 Å². The van der Waals surface area contributed by atoms with Gasteiger partial charge in [0.05, 0.1) is 38.5 Å². The highest BCUT2D eigenvalue weighted by Crippen LogP contribution is 2.35. The second-order valence-electron chi connectivity index (χ2n) is 11.3. The number of halogens is 1. The molecule has 50 heavy (non-hydrogen) atoms. The van der Waals surface area contributed by atoms with Crippen molar-refractivity contribution in [3.8, 4) is 23.0 Å². The minimum Gasteiger partial charge on any atom is -0.493 e. The number of nitrogens with two attached hydrogens (primary N) is 1. The van der Waals surface area contributed by atoms with Crippen LogP contribution in [-0.2, 0) is 13.1 Å². The predicted octanol–water partition coefficient (Wildman–Crippen LogP) is 6.35. The molecule has 2 amide bonds. The van der Waals surface area contributed by atoms with Crippen LogP contribution in [-0.4, -0.2) is 43.4 Å². The topological polar surface area (TPSA) is 170 Å². The summed E-state index contributed by atoms with van der Waals surface area (Å²) in [6.07, 6.45) is 3.86. The van der Waals surface area contributed by atoms with Crippen molar-refractivity contribution in [1.29, 1.82) is 0 Å². The number of fused-ring (bicyclic) bond motifs is 2. The van der Waals surface area contributed by atoms with Crippen LogP contribution < -0.4 is 46.4 Å². The van der Waals surface area contributed by atoms with Crippen LogP contribution in [0.25, 0.3) is 21.8 Å². The third-order valence-corrected chi connectivity index (χ3v) is 7.72. The first-order valence-corrected chi connectivity index (χ1v) is 16.4. The van der Waals surface area contributed by atoms with E-state index in [1.165, 1.54) is 24.3 Å². The number of nitrogens with one attached hydrogen (secondary N) is 4. The van der Waals surface area contributed by atoms with Crippen molar-refractivity contribution in [2.45, 2.75) is 52.6 Å². The zero-order chi connectivity index (χ0) is 36.0. The maximum absolute atomic E-state index is 12.9. The number of carbonyl (C=O) groups excluding carboxylic acids is 1. The SMILES string of the molecule is CCCCOc1c(OC)ccc2cc(CN)c(=O)[nH]c12.CCCCOc1c(OC)ccc2cc(CNC(=O)Nc3ccc(F)cc3)c(=O)[nH]c12. The van der Waals surface area contributed by atoms with Gasteiger partial charge in [0.15, 0.2) is 23.0 Å². The van der Waals surface area contributed by atoms with E-state index < -0.39 is 11.8 Å². The number of benzene rings is 3. The van der Waals surface area contributed by atoms with E-state index in [9.17, 15) is 18.8 Å². The lowest BCUT2D eigenvalue weighted by Crippen LogP contribution is -2.30. The molecule has 0 saturated carbocycles. The number of carbonyl (C=O) groups is 1. The number of unbranched alkanes of at least 4 members (excludes halogenated alkanes) is 2. The van der Waals surface area contributed by atoms with Crippen molar-refractivity contribution >= 4 is 33.5 Å². The first-order valence-electron chi connectivity index (χ1n) is 16.4. The van der Waals surface area contributed by atoms with E-state index in [4.69, 9.17) is 24.7 Å². The molecule has 0 aliphatic heterocycles. The largest absolute Gasteiger partial charge is 0.493 e. The van der Waals surface area contributed by atoms with Crippen LogP contribution in [0.2, 0.25) is 0 Å². The minimum atomic E-state index is -0.501. The molecule has 3 aromatic carbocycles. The fraction of sp³-hybridized carbons (Fsp3) is 0.324. The van der Waals surface area contributed by atoms with Crippen molar-refractivity contribution < 1.29 is 28.1 Å². The van der Waals surface area contributed by atoms with Crippen LogP contribution in [0.5, 0.6) is 23.0 Å². The number of methoxy groups -OCH3 is 2. The normalized spacial score (nSPS) is 10.7. The monoisotopic (exact) mass is 689 g/mol. The Morgan fingerprint density at radius 1 is 0.760 bits per heavy atom. The van der Waals surface area contributed by atoms with Crippen molar-refractivity contribution in [2.75, 3.05) is 32.8 Å². The number of aromatic amines is 2. The average Bonchev–Trinajstić information content (AvgIpc) is 3.12.